The number of para-hydroxylation sites is 1. The van der Waals surface area contributed by atoms with Gasteiger partial charge in [0.05, 0.1) is 35.8 Å². The number of piperidine rings is 1. The van der Waals surface area contributed by atoms with E-state index < -0.39 is 17.9 Å². The van der Waals surface area contributed by atoms with Gasteiger partial charge in [0.2, 0.25) is 0 Å². The van der Waals surface area contributed by atoms with Crippen molar-refractivity contribution < 1.29 is 28.5 Å². The van der Waals surface area contributed by atoms with Gasteiger partial charge in [-0.15, -0.1) is 0 Å². The number of likely N-dealkylation sites (tertiary alicyclic amines) is 1. The smallest absolute Gasteiger partial charge is 0.335 e. The molecule has 4 aromatic rings. The maximum absolute atomic E-state index is 14.7. The molecule has 8 nitrogen and oxygen atoms in total. The van der Waals surface area contributed by atoms with Gasteiger partial charge in [-0.25, -0.2) is 14.2 Å². The Bertz CT molecular complexity index is 1690. The lowest BCUT2D eigenvalue weighted by atomic mass is 9.85. The molecule has 4 atom stereocenters. The number of aromatic carboxylic acids is 1. The number of ether oxygens (including phenoxy) is 3. The number of carboxylic acids is 1. The fourth-order valence-corrected chi connectivity index (χ4v) is 6.69. The van der Waals surface area contributed by atoms with Crippen molar-refractivity contribution in [3.05, 3.63) is 88.0 Å². The first-order valence-corrected chi connectivity index (χ1v) is 15.2. The molecule has 7 rings (SSSR count). The van der Waals surface area contributed by atoms with Gasteiger partial charge in [-0.2, -0.15) is 0 Å². The molecule has 0 bridgehead atoms. The minimum Gasteiger partial charge on any atom is -0.485 e. The number of carbonyl (C=O) groups is 1. The van der Waals surface area contributed by atoms with Crippen molar-refractivity contribution in [3.8, 4) is 11.5 Å². The van der Waals surface area contributed by atoms with Crippen LogP contribution in [-0.4, -0.2) is 57.4 Å². The van der Waals surface area contributed by atoms with Crippen molar-refractivity contribution in [2.45, 2.75) is 63.4 Å². The third-order valence-corrected chi connectivity index (χ3v) is 9.26. The molecule has 0 aliphatic carbocycles. The normalized spacial score (nSPS) is 23.7. The highest BCUT2D eigenvalue weighted by molar-refractivity contribution is 6.30. The van der Waals surface area contributed by atoms with Gasteiger partial charge in [0.15, 0.2) is 17.6 Å². The van der Waals surface area contributed by atoms with E-state index in [1.807, 2.05) is 12.1 Å². The minimum absolute atomic E-state index is 0.115. The van der Waals surface area contributed by atoms with E-state index in [-0.39, 0.29) is 30.2 Å². The Balaban J connectivity index is 1.10. The molecule has 3 aliphatic heterocycles. The number of hydrogen-bond acceptors (Lipinski definition) is 6. The average molecular weight is 606 g/mol. The van der Waals surface area contributed by atoms with E-state index >= 15 is 0 Å². The summed E-state index contributed by atoms with van der Waals surface area (Å²) in [5, 5.41) is 9.91. The molecule has 43 heavy (non-hydrogen) atoms. The van der Waals surface area contributed by atoms with Gasteiger partial charge in [-0.05, 0) is 75.0 Å². The third-order valence-electron chi connectivity index (χ3n) is 9.02. The summed E-state index contributed by atoms with van der Waals surface area (Å²) in [5.74, 6) is 1.19. The first-order valence-electron chi connectivity index (χ1n) is 14.8. The molecule has 2 saturated heterocycles. The second kappa shape index (κ2) is 11.4. The molecule has 10 heteroatoms. The Morgan fingerprint density at radius 1 is 1.14 bits per heavy atom. The van der Waals surface area contributed by atoms with E-state index in [2.05, 4.69) is 22.5 Å². The molecule has 1 unspecified atom stereocenters. The fourth-order valence-electron chi connectivity index (χ4n) is 6.53. The first-order chi connectivity index (χ1) is 20.8. The first kappa shape index (κ1) is 28.1. The largest absolute Gasteiger partial charge is 0.485 e. The molecule has 0 spiro atoms. The number of imidazole rings is 1. The predicted molar refractivity (Wildman–Crippen MR) is 160 cm³/mol. The van der Waals surface area contributed by atoms with Crippen LogP contribution in [-0.2, 0) is 17.8 Å². The van der Waals surface area contributed by atoms with Crippen LogP contribution < -0.4 is 9.47 Å². The molecule has 0 amide bonds. The van der Waals surface area contributed by atoms with Gasteiger partial charge in [0.25, 0.3) is 0 Å². The number of fused-ring (bicyclic) bond motifs is 2. The zero-order valence-corrected chi connectivity index (χ0v) is 24.6. The molecular weight excluding hydrogens is 573 g/mol. The van der Waals surface area contributed by atoms with Crippen molar-refractivity contribution in [2.75, 3.05) is 19.8 Å². The summed E-state index contributed by atoms with van der Waals surface area (Å²) < 4.78 is 35.1. The van der Waals surface area contributed by atoms with Crippen LogP contribution in [0.2, 0.25) is 5.02 Å². The van der Waals surface area contributed by atoms with Crippen molar-refractivity contribution in [3.63, 3.8) is 0 Å². The summed E-state index contributed by atoms with van der Waals surface area (Å²) in [6.45, 7) is 5.38. The quantitative estimate of drug-likeness (QED) is 0.254. The Kier molecular flexibility index (Phi) is 7.49. The number of carboxylic acid groups (broad SMARTS) is 1. The van der Waals surface area contributed by atoms with Crippen LogP contribution in [0, 0.1) is 5.82 Å². The summed E-state index contributed by atoms with van der Waals surface area (Å²) in [6.07, 6.45) is 2.37. The summed E-state index contributed by atoms with van der Waals surface area (Å²) in [6, 6.07) is 16.0. The number of halogens is 2. The zero-order valence-electron chi connectivity index (χ0n) is 23.8. The summed E-state index contributed by atoms with van der Waals surface area (Å²) in [4.78, 5) is 19.0. The summed E-state index contributed by atoms with van der Waals surface area (Å²) in [7, 11) is 0. The molecule has 224 valence electrons. The highest BCUT2D eigenvalue weighted by Crippen LogP contribution is 2.45. The van der Waals surface area contributed by atoms with Crippen LogP contribution in [0.3, 0.4) is 0 Å². The van der Waals surface area contributed by atoms with Crippen LogP contribution in [0.1, 0.15) is 65.5 Å². The molecular formula is C33H33ClFN3O5. The lowest BCUT2D eigenvalue weighted by molar-refractivity contribution is -0.0592. The molecule has 0 saturated carbocycles. The van der Waals surface area contributed by atoms with Crippen molar-refractivity contribution >= 4 is 28.6 Å². The topological polar surface area (TPSA) is 86.0 Å². The van der Waals surface area contributed by atoms with Gasteiger partial charge >= 0.3 is 5.97 Å². The molecule has 3 aromatic carbocycles. The minimum atomic E-state index is -0.950. The highest BCUT2D eigenvalue weighted by Gasteiger charge is 2.34. The van der Waals surface area contributed by atoms with E-state index in [9.17, 15) is 14.3 Å². The molecule has 0 radical (unpaired) electrons. The van der Waals surface area contributed by atoms with Gasteiger partial charge < -0.3 is 23.9 Å². The maximum Gasteiger partial charge on any atom is 0.335 e. The lowest BCUT2D eigenvalue weighted by Crippen LogP contribution is -2.40. The summed E-state index contributed by atoms with van der Waals surface area (Å²) in [5.41, 5.74) is 3.38. The third kappa shape index (κ3) is 5.46. The molecule has 1 aromatic heterocycles. The van der Waals surface area contributed by atoms with Crippen molar-refractivity contribution in [1.29, 1.82) is 0 Å². The second-order valence-corrected chi connectivity index (χ2v) is 12.2. The van der Waals surface area contributed by atoms with Crippen LogP contribution in [0.25, 0.3) is 11.0 Å². The Morgan fingerprint density at radius 2 is 2.00 bits per heavy atom. The average Bonchev–Trinajstić information content (AvgIpc) is 3.31. The van der Waals surface area contributed by atoms with Gasteiger partial charge in [-0.1, -0.05) is 29.8 Å². The molecule has 3 aliphatic rings. The van der Waals surface area contributed by atoms with Crippen molar-refractivity contribution in [1.82, 2.24) is 14.5 Å². The predicted octanol–water partition coefficient (Wildman–Crippen LogP) is 6.60. The van der Waals surface area contributed by atoms with E-state index in [4.69, 9.17) is 30.8 Å². The van der Waals surface area contributed by atoms with E-state index in [0.717, 1.165) is 54.8 Å². The molecule has 2 fully saturated rings. The van der Waals surface area contributed by atoms with E-state index in [1.54, 1.807) is 30.3 Å². The SMILES string of the molecule is C[C@H]1CC(c2cccc3c2O[C@H](c2ccc(Cl)cc2F)CO3)CCN1Cc1nc2ccc(C(=O)O)cc2n1C[C@@H]1CCO1. The van der Waals surface area contributed by atoms with Crippen molar-refractivity contribution in [2.24, 2.45) is 0 Å². The zero-order chi connectivity index (χ0) is 29.7. The van der Waals surface area contributed by atoms with Crippen LogP contribution in [0.5, 0.6) is 11.5 Å². The number of aromatic nitrogens is 2. The molecule has 4 heterocycles. The van der Waals surface area contributed by atoms with Gasteiger partial charge in [0, 0.05) is 28.8 Å². The van der Waals surface area contributed by atoms with Gasteiger partial charge in [0.1, 0.15) is 18.2 Å². The lowest BCUT2D eigenvalue weighted by Gasteiger charge is -2.39. The monoisotopic (exact) mass is 605 g/mol. The summed E-state index contributed by atoms with van der Waals surface area (Å²) >= 11 is 5.97. The fraction of sp³-hybridized carbons (Fsp3) is 0.394. The second-order valence-electron chi connectivity index (χ2n) is 11.7. The van der Waals surface area contributed by atoms with Crippen LogP contribution in [0.4, 0.5) is 4.39 Å². The number of nitrogens with zero attached hydrogens (tertiary/aromatic N) is 3. The number of hydrogen-bond donors (Lipinski definition) is 1. The number of benzene rings is 3. The van der Waals surface area contributed by atoms with E-state index in [1.165, 1.54) is 6.07 Å². The Labute approximate surface area is 253 Å². The Morgan fingerprint density at radius 3 is 2.74 bits per heavy atom. The maximum atomic E-state index is 14.7. The molecule has 1 N–H and O–H groups in total. The van der Waals surface area contributed by atoms with Crippen LogP contribution in [0.15, 0.2) is 54.6 Å². The van der Waals surface area contributed by atoms with Crippen LogP contribution >= 0.6 is 11.6 Å². The Hall–Kier alpha value is -3.66. The van der Waals surface area contributed by atoms with Gasteiger partial charge in [-0.3, -0.25) is 4.90 Å². The number of rotatable bonds is 7. The standard InChI is InChI=1S/C33H33ClFN3O5/c1-19-13-20(24-3-2-4-29-32(24)43-30(18-42-29)25-7-6-22(34)15-26(25)35)9-11-37(19)17-31-36-27-8-5-21(33(39)40)14-28(27)38(31)16-23-10-12-41-23/h2-8,14-15,19-20,23,30H,9-13,16-18H2,1H3,(H,39,40)/t19-,20?,23-,30-/m0/s1. The highest BCUT2D eigenvalue weighted by atomic mass is 35.5. The van der Waals surface area contributed by atoms with E-state index in [0.29, 0.717) is 35.2 Å².